The molecule has 4 heteroatoms. The van der Waals surface area contributed by atoms with Crippen LogP contribution >= 0.6 is 0 Å². The summed E-state index contributed by atoms with van der Waals surface area (Å²) in [4.78, 5) is 10.3. The van der Waals surface area contributed by atoms with Crippen LogP contribution in [0.5, 0.6) is 0 Å². The van der Waals surface area contributed by atoms with Crippen LogP contribution < -0.4 is 5.32 Å². The van der Waals surface area contributed by atoms with Crippen molar-refractivity contribution in [3.8, 4) is 11.8 Å². The molecule has 4 nitrogen and oxygen atoms in total. The molecule has 84 valence electrons. The average Bonchev–Trinajstić information content (AvgIpc) is 2.26. The lowest BCUT2D eigenvalue weighted by Crippen LogP contribution is -2.05. The number of hydrogen-bond acceptors (Lipinski definition) is 3. The summed E-state index contributed by atoms with van der Waals surface area (Å²) in [6, 6.07) is 4.95. The minimum absolute atomic E-state index is 0.125. The van der Waals surface area contributed by atoms with Gasteiger partial charge in [0.2, 0.25) is 0 Å². The zero-order valence-corrected chi connectivity index (χ0v) is 9.41. The zero-order chi connectivity index (χ0) is 12.0. The standard InChI is InChI=1S/C12H14N2O2/c1-10-11(6-3-4-9-13-2)7-5-8-12(10)14(15)16/h5,7-8,13H,4,9H2,1-2H3. The molecule has 0 aromatic heterocycles. The van der Waals surface area contributed by atoms with Crippen LogP contribution in [0.2, 0.25) is 0 Å². The van der Waals surface area contributed by atoms with Gasteiger partial charge in [0, 0.05) is 30.2 Å². The van der Waals surface area contributed by atoms with Gasteiger partial charge in [-0.05, 0) is 20.0 Å². The predicted molar refractivity (Wildman–Crippen MR) is 63.3 cm³/mol. The van der Waals surface area contributed by atoms with E-state index >= 15 is 0 Å². The van der Waals surface area contributed by atoms with Crippen molar-refractivity contribution < 1.29 is 4.92 Å². The van der Waals surface area contributed by atoms with Gasteiger partial charge in [0.15, 0.2) is 0 Å². The van der Waals surface area contributed by atoms with Crippen LogP contribution in [0.3, 0.4) is 0 Å². The maximum Gasteiger partial charge on any atom is 0.273 e. The van der Waals surface area contributed by atoms with E-state index in [9.17, 15) is 10.1 Å². The molecule has 0 radical (unpaired) electrons. The van der Waals surface area contributed by atoms with E-state index in [0.29, 0.717) is 5.56 Å². The van der Waals surface area contributed by atoms with Crippen molar-refractivity contribution >= 4 is 5.69 Å². The minimum Gasteiger partial charge on any atom is -0.319 e. The van der Waals surface area contributed by atoms with E-state index in [4.69, 9.17) is 0 Å². The molecule has 0 saturated carbocycles. The van der Waals surface area contributed by atoms with Crippen molar-refractivity contribution in [2.75, 3.05) is 13.6 Å². The van der Waals surface area contributed by atoms with Gasteiger partial charge in [-0.1, -0.05) is 17.9 Å². The Balaban J connectivity index is 2.92. The van der Waals surface area contributed by atoms with E-state index < -0.39 is 0 Å². The van der Waals surface area contributed by atoms with E-state index in [2.05, 4.69) is 17.2 Å². The van der Waals surface area contributed by atoms with Gasteiger partial charge >= 0.3 is 0 Å². The largest absolute Gasteiger partial charge is 0.319 e. The van der Waals surface area contributed by atoms with Crippen LogP contribution in [0.25, 0.3) is 0 Å². The van der Waals surface area contributed by atoms with Crippen LogP contribution in [0.4, 0.5) is 5.69 Å². The Hall–Kier alpha value is -1.86. The normalized spacial score (nSPS) is 9.38. The lowest BCUT2D eigenvalue weighted by molar-refractivity contribution is -0.385. The number of nitro benzene ring substituents is 1. The highest BCUT2D eigenvalue weighted by Gasteiger charge is 2.11. The van der Waals surface area contributed by atoms with Crippen LogP contribution in [-0.4, -0.2) is 18.5 Å². The first-order chi connectivity index (χ1) is 7.66. The highest BCUT2D eigenvalue weighted by atomic mass is 16.6. The van der Waals surface area contributed by atoms with E-state index in [1.165, 1.54) is 6.07 Å². The minimum atomic E-state index is -0.381. The Morgan fingerprint density at radius 2 is 2.25 bits per heavy atom. The molecule has 0 fully saturated rings. The molecule has 0 saturated heterocycles. The summed E-state index contributed by atoms with van der Waals surface area (Å²) < 4.78 is 0. The van der Waals surface area contributed by atoms with Gasteiger partial charge in [0.05, 0.1) is 4.92 Å². The molecular formula is C12H14N2O2. The van der Waals surface area contributed by atoms with Crippen LogP contribution in [0.1, 0.15) is 17.5 Å². The molecular weight excluding hydrogens is 204 g/mol. The summed E-state index contributed by atoms with van der Waals surface area (Å²) in [5.41, 5.74) is 1.48. The quantitative estimate of drug-likeness (QED) is 0.364. The second-order valence-corrected chi connectivity index (χ2v) is 3.36. The molecule has 0 heterocycles. The van der Waals surface area contributed by atoms with Gasteiger partial charge in [0.1, 0.15) is 0 Å². The summed E-state index contributed by atoms with van der Waals surface area (Å²) in [5, 5.41) is 13.7. The third-order valence-corrected chi connectivity index (χ3v) is 2.22. The molecule has 16 heavy (non-hydrogen) atoms. The molecule has 0 bridgehead atoms. The van der Waals surface area contributed by atoms with Gasteiger partial charge in [-0.15, -0.1) is 0 Å². The maximum absolute atomic E-state index is 10.7. The number of nitrogens with zero attached hydrogens (tertiary/aromatic N) is 1. The molecule has 0 unspecified atom stereocenters. The first-order valence-corrected chi connectivity index (χ1v) is 5.04. The number of nitro groups is 1. The fraction of sp³-hybridized carbons (Fsp3) is 0.333. The van der Waals surface area contributed by atoms with Gasteiger partial charge < -0.3 is 5.32 Å². The molecule has 0 aliphatic carbocycles. The Kier molecular flexibility index (Phi) is 4.49. The fourth-order valence-electron chi connectivity index (χ4n) is 1.30. The molecule has 0 aliphatic heterocycles. The number of hydrogen-bond donors (Lipinski definition) is 1. The second-order valence-electron chi connectivity index (χ2n) is 3.36. The van der Waals surface area contributed by atoms with Crippen molar-refractivity contribution in [1.82, 2.24) is 5.32 Å². The van der Waals surface area contributed by atoms with Crippen molar-refractivity contribution in [1.29, 1.82) is 0 Å². The molecule has 0 atom stereocenters. The lowest BCUT2D eigenvalue weighted by atomic mass is 10.1. The van der Waals surface area contributed by atoms with E-state index in [1.54, 1.807) is 19.1 Å². The second kappa shape index (κ2) is 5.89. The number of rotatable bonds is 3. The van der Waals surface area contributed by atoms with Gasteiger partial charge in [-0.25, -0.2) is 0 Å². The first-order valence-electron chi connectivity index (χ1n) is 5.04. The third kappa shape index (κ3) is 3.07. The highest BCUT2D eigenvalue weighted by Crippen LogP contribution is 2.20. The van der Waals surface area contributed by atoms with E-state index in [1.807, 2.05) is 7.05 Å². The maximum atomic E-state index is 10.7. The van der Waals surface area contributed by atoms with E-state index in [0.717, 1.165) is 18.5 Å². The molecule has 1 N–H and O–H groups in total. The summed E-state index contributed by atoms with van der Waals surface area (Å²) in [6.07, 6.45) is 0.735. The summed E-state index contributed by atoms with van der Waals surface area (Å²) >= 11 is 0. The SMILES string of the molecule is CNCCC#Cc1cccc([N+](=O)[O-])c1C. The average molecular weight is 218 g/mol. The monoisotopic (exact) mass is 218 g/mol. The molecule has 0 amide bonds. The Morgan fingerprint density at radius 3 is 2.88 bits per heavy atom. The van der Waals surface area contributed by atoms with Crippen molar-refractivity contribution in [2.45, 2.75) is 13.3 Å². The Bertz CT molecular complexity index is 444. The van der Waals surface area contributed by atoms with E-state index in [-0.39, 0.29) is 10.6 Å². The van der Waals surface area contributed by atoms with Gasteiger partial charge in [-0.3, -0.25) is 10.1 Å². The van der Waals surface area contributed by atoms with Gasteiger partial charge in [-0.2, -0.15) is 0 Å². The summed E-state index contributed by atoms with van der Waals surface area (Å²) in [6.45, 7) is 2.54. The highest BCUT2D eigenvalue weighted by molar-refractivity contribution is 5.51. The van der Waals surface area contributed by atoms with Gasteiger partial charge in [0.25, 0.3) is 5.69 Å². The smallest absolute Gasteiger partial charge is 0.273 e. The predicted octanol–water partition coefficient (Wildman–Crippen LogP) is 1.86. The Labute approximate surface area is 94.8 Å². The zero-order valence-electron chi connectivity index (χ0n) is 9.41. The fourth-order valence-corrected chi connectivity index (χ4v) is 1.30. The topological polar surface area (TPSA) is 55.2 Å². The number of nitrogens with one attached hydrogen (secondary N) is 1. The molecule has 0 spiro atoms. The summed E-state index contributed by atoms with van der Waals surface area (Å²) in [7, 11) is 1.86. The first kappa shape index (κ1) is 12.2. The summed E-state index contributed by atoms with van der Waals surface area (Å²) in [5.74, 6) is 5.92. The third-order valence-electron chi connectivity index (χ3n) is 2.22. The number of benzene rings is 1. The van der Waals surface area contributed by atoms with Crippen LogP contribution in [0, 0.1) is 28.9 Å². The van der Waals surface area contributed by atoms with Crippen LogP contribution in [0.15, 0.2) is 18.2 Å². The molecule has 0 aliphatic rings. The molecule has 1 rings (SSSR count). The van der Waals surface area contributed by atoms with Crippen LogP contribution in [-0.2, 0) is 0 Å². The van der Waals surface area contributed by atoms with Crippen molar-refractivity contribution in [3.05, 3.63) is 39.4 Å². The van der Waals surface area contributed by atoms with Crippen molar-refractivity contribution in [2.24, 2.45) is 0 Å². The molecule has 1 aromatic carbocycles. The lowest BCUT2D eigenvalue weighted by Gasteiger charge is -1.98. The Morgan fingerprint density at radius 1 is 1.50 bits per heavy atom. The molecule has 1 aromatic rings. The van der Waals surface area contributed by atoms with Crippen molar-refractivity contribution in [3.63, 3.8) is 0 Å².